The Labute approximate surface area is 121 Å². The molecule has 0 radical (unpaired) electrons. The molecule has 1 amide bonds. The average Bonchev–Trinajstić information content (AvgIpc) is 2.36. The SMILES string of the molecule is COCCNC(=O)CN(c1c(F)cccc1F)S(C)(=O)=O. The van der Waals surface area contributed by atoms with E-state index in [1.165, 1.54) is 7.11 Å². The normalized spacial score (nSPS) is 11.2. The van der Waals surface area contributed by atoms with Crippen LogP contribution in [0.25, 0.3) is 0 Å². The summed E-state index contributed by atoms with van der Waals surface area (Å²) < 4.78 is 55.9. The number of nitrogens with one attached hydrogen (secondary N) is 1. The van der Waals surface area contributed by atoms with Crippen LogP contribution >= 0.6 is 0 Å². The van der Waals surface area contributed by atoms with E-state index in [-0.39, 0.29) is 13.2 Å². The van der Waals surface area contributed by atoms with Gasteiger partial charge in [0.05, 0.1) is 12.9 Å². The lowest BCUT2D eigenvalue weighted by Crippen LogP contribution is -2.42. The van der Waals surface area contributed by atoms with Crippen LogP contribution in [-0.4, -0.2) is 47.4 Å². The zero-order valence-electron chi connectivity index (χ0n) is 11.6. The van der Waals surface area contributed by atoms with Gasteiger partial charge in [0.15, 0.2) is 11.6 Å². The lowest BCUT2D eigenvalue weighted by atomic mass is 10.3. The van der Waals surface area contributed by atoms with E-state index in [1.807, 2.05) is 0 Å². The molecule has 21 heavy (non-hydrogen) atoms. The summed E-state index contributed by atoms with van der Waals surface area (Å²) in [5, 5.41) is 2.38. The average molecular weight is 322 g/mol. The van der Waals surface area contributed by atoms with E-state index in [9.17, 15) is 22.0 Å². The molecular formula is C12H16F2N2O4S. The van der Waals surface area contributed by atoms with Gasteiger partial charge in [-0.05, 0) is 12.1 Å². The highest BCUT2D eigenvalue weighted by molar-refractivity contribution is 7.92. The minimum absolute atomic E-state index is 0.159. The highest BCUT2D eigenvalue weighted by Crippen LogP contribution is 2.25. The molecule has 118 valence electrons. The minimum atomic E-state index is -4.03. The number of methoxy groups -OCH3 is 1. The largest absolute Gasteiger partial charge is 0.383 e. The third-order valence-electron chi connectivity index (χ3n) is 2.50. The third-order valence-corrected chi connectivity index (χ3v) is 3.62. The van der Waals surface area contributed by atoms with Gasteiger partial charge in [0.25, 0.3) is 0 Å². The molecule has 0 bridgehead atoms. The Morgan fingerprint density at radius 3 is 2.38 bits per heavy atom. The molecule has 0 spiro atoms. The number of anilines is 1. The molecule has 0 heterocycles. The first-order chi connectivity index (χ1) is 9.77. The summed E-state index contributed by atoms with van der Waals surface area (Å²) in [7, 11) is -2.59. The number of halogens is 2. The van der Waals surface area contributed by atoms with Gasteiger partial charge in [0.1, 0.15) is 12.2 Å². The number of hydrogen-bond acceptors (Lipinski definition) is 4. The molecule has 1 aromatic carbocycles. The van der Waals surface area contributed by atoms with Crippen molar-refractivity contribution in [3.63, 3.8) is 0 Å². The van der Waals surface area contributed by atoms with Crippen molar-refractivity contribution in [1.82, 2.24) is 5.32 Å². The number of carbonyl (C=O) groups is 1. The zero-order valence-corrected chi connectivity index (χ0v) is 12.4. The Morgan fingerprint density at radius 2 is 1.90 bits per heavy atom. The van der Waals surface area contributed by atoms with Gasteiger partial charge < -0.3 is 10.1 Å². The summed E-state index contributed by atoms with van der Waals surface area (Å²) in [6.45, 7) is -0.328. The Morgan fingerprint density at radius 1 is 1.33 bits per heavy atom. The van der Waals surface area contributed by atoms with Gasteiger partial charge in [-0.1, -0.05) is 6.07 Å². The highest BCUT2D eigenvalue weighted by atomic mass is 32.2. The maximum atomic E-state index is 13.7. The van der Waals surface area contributed by atoms with Gasteiger partial charge in [-0.2, -0.15) is 0 Å². The predicted octanol–water partition coefficient (Wildman–Crippen LogP) is 0.493. The van der Waals surface area contributed by atoms with Crippen LogP contribution in [-0.2, 0) is 19.6 Å². The number of para-hydroxylation sites is 1. The van der Waals surface area contributed by atoms with Crippen molar-refractivity contribution in [2.24, 2.45) is 0 Å². The topological polar surface area (TPSA) is 75.7 Å². The first-order valence-electron chi connectivity index (χ1n) is 5.94. The zero-order chi connectivity index (χ0) is 16.0. The van der Waals surface area contributed by atoms with Crippen LogP contribution in [0.4, 0.5) is 14.5 Å². The lowest BCUT2D eigenvalue weighted by molar-refractivity contribution is -0.119. The highest BCUT2D eigenvalue weighted by Gasteiger charge is 2.26. The summed E-state index contributed by atoms with van der Waals surface area (Å²) >= 11 is 0. The molecule has 0 saturated heterocycles. The second-order valence-corrected chi connectivity index (χ2v) is 6.09. The quantitative estimate of drug-likeness (QED) is 0.742. The van der Waals surface area contributed by atoms with E-state index in [0.717, 1.165) is 24.5 Å². The van der Waals surface area contributed by atoms with Crippen LogP contribution in [0.15, 0.2) is 18.2 Å². The molecule has 9 heteroatoms. The monoisotopic (exact) mass is 322 g/mol. The summed E-state index contributed by atoms with van der Waals surface area (Å²) in [5.41, 5.74) is -0.776. The summed E-state index contributed by atoms with van der Waals surface area (Å²) in [6.07, 6.45) is 0.765. The van der Waals surface area contributed by atoms with E-state index in [0.29, 0.717) is 4.31 Å². The fourth-order valence-electron chi connectivity index (χ4n) is 1.57. The van der Waals surface area contributed by atoms with Crippen LogP contribution in [0, 0.1) is 11.6 Å². The van der Waals surface area contributed by atoms with Gasteiger partial charge in [0, 0.05) is 13.7 Å². The van der Waals surface area contributed by atoms with Gasteiger partial charge in [-0.3, -0.25) is 9.10 Å². The molecule has 0 saturated carbocycles. The smallest absolute Gasteiger partial charge is 0.240 e. The number of rotatable bonds is 7. The van der Waals surface area contributed by atoms with E-state index in [1.54, 1.807) is 0 Å². The lowest BCUT2D eigenvalue weighted by Gasteiger charge is -2.22. The second kappa shape index (κ2) is 7.32. The van der Waals surface area contributed by atoms with Gasteiger partial charge in [-0.15, -0.1) is 0 Å². The maximum absolute atomic E-state index is 13.7. The number of carbonyl (C=O) groups excluding carboxylic acids is 1. The summed E-state index contributed by atoms with van der Waals surface area (Å²) in [6, 6.07) is 2.94. The predicted molar refractivity (Wildman–Crippen MR) is 73.4 cm³/mol. The van der Waals surface area contributed by atoms with Crippen LogP contribution in [0.5, 0.6) is 0 Å². The number of ether oxygens (including phenoxy) is 1. The van der Waals surface area contributed by atoms with Gasteiger partial charge in [-0.25, -0.2) is 17.2 Å². The summed E-state index contributed by atoms with van der Waals surface area (Å²) in [4.78, 5) is 11.7. The molecular weight excluding hydrogens is 306 g/mol. The van der Waals surface area contributed by atoms with Crippen LogP contribution in [0.3, 0.4) is 0 Å². The van der Waals surface area contributed by atoms with Crippen LogP contribution in [0.2, 0.25) is 0 Å². The molecule has 0 fully saturated rings. The van der Waals surface area contributed by atoms with Crippen molar-refractivity contribution in [2.45, 2.75) is 0 Å². The van der Waals surface area contributed by atoms with Crippen molar-refractivity contribution in [1.29, 1.82) is 0 Å². The Balaban J connectivity index is 3.01. The fraction of sp³-hybridized carbons (Fsp3) is 0.417. The van der Waals surface area contributed by atoms with Crippen molar-refractivity contribution < 1.29 is 26.7 Å². The minimum Gasteiger partial charge on any atom is -0.383 e. The molecule has 0 aliphatic heterocycles. The molecule has 1 rings (SSSR count). The maximum Gasteiger partial charge on any atom is 0.240 e. The number of amides is 1. The van der Waals surface area contributed by atoms with Crippen molar-refractivity contribution in [3.8, 4) is 0 Å². The first-order valence-corrected chi connectivity index (χ1v) is 7.79. The van der Waals surface area contributed by atoms with Crippen LogP contribution in [0.1, 0.15) is 0 Å². The van der Waals surface area contributed by atoms with Crippen molar-refractivity contribution >= 4 is 21.6 Å². The third kappa shape index (κ3) is 4.94. The Kier molecular flexibility index (Phi) is 6.03. The van der Waals surface area contributed by atoms with E-state index in [2.05, 4.69) is 5.32 Å². The van der Waals surface area contributed by atoms with Crippen molar-refractivity contribution in [2.75, 3.05) is 37.4 Å². The van der Waals surface area contributed by atoms with E-state index in [4.69, 9.17) is 4.74 Å². The number of benzene rings is 1. The second-order valence-electron chi connectivity index (χ2n) is 4.18. The van der Waals surface area contributed by atoms with Crippen LogP contribution < -0.4 is 9.62 Å². The Bertz CT molecular complexity index is 587. The molecule has 6 nitrogen and oxygen atoms in total. The van der Waals surface area contributed by atoms with E-state index >= 15 is 0 Å². The number of sulfonamides is 1. The standard InChI is InChI=1S/C12H16F2N2O4S/c1-20-7-6-15-11(17)8-16(21(2,18)19)12-9(13)4-3-5-10(12)14/h3-5H,6-8H2,1-2H3,(H,15,17). The molecule has 0 unspecified atom stereocenters. The number of nitrogens with zero attached hydrogens (tertiary/aromatic N) is 1. The van der Waals surface area contributed by atoms with Gasteiger partial charge in [0.2, 0.25) is 15.9 Å². The molecule has 1 N–H and O–H groups in total. The van der Waals surface area contributed by atoms with Gasteiger partial charge >= 0.3 is 0 Å². The summed E-state index contributed by atoms with van der Waals surface area (Å²) in [5.74, 6) is -2.82. The molecule has 0 atom stereocenters. The van der Waals surface area contributed by atoms with E-state index < -0.39 is 39.8 Å². The first kappa shape index (κ1) is 17.3. The molecule has 0 aromatic heterocycles. The molecule has 0 aliphatic rings. The van der Waals surface area contributed by atoms with Crippen molar-refractivity contribution in [3.05, 3.63) is 29.8 Å². The number of hydrogen-bond donors (Lipinski definition) is 1. The molecule has 1 aromatic rings. The fourth-order valence-corrected chi connectivity index (χ4v) is 2.43. The Hall–Kier alpha value is -1.74. The molecule has 0 aliphatic carbocycles.